The van der Waals surface area contributed by atoms with E-state index in [0.717, 1.165) is 31.8 Å². The van der Waals surface area contributed by atoms with Gasteiger partial charge in [-0.1, -0.05) is 0 Å². The standard InChI is InChI=1S/C11H21N7/c1-17(2)11-15-9(14-10(13)16-11)7-18-5-3-8(12)4-6-18/h8H,3-7,12H2,1-2H3,(H2,13,14,15,16). The molecule has 1 saturated heterocycles. The number of nitrogens with zero attached hydrogens (tertiary/aromatic N) is 5. The van der Waals surface area contributed by atoms with E-state index in [9.17, 15) is 0 Å². The third-order valence-electron chi connectivity index (χ3n) is 3.08. The first-order valence-corrected chi connectivity index (χ1v) is 6.20. The van der Waals surface area contributed by atoms with Gasteiger partial charge in [0.1, 0.15) is 5.82 Å². The molecule has 1 aromatic heterocycles. The van der Waals surface area contributed by atoms with Crippen LogP contribution in [-0.4, -0.2) is 53.1 Å². The molecule has 1 aliphatic heterocycles. The number of aromatic nitrogens is 3. The monoisotopic (exact) mass is 251 g/mol. The van der Waals surface area contributed by atoms with Crippen LogP contribution in [0.15, 0.2) is 0 Å². The molecule has 7 heteroatoms. The molecule has 0 amide bonds. The summed E-state index contributed by atoms with van der Waals surface area (Å²) in [5.74, 6) is 1.60. The first-order chi connectivity index (χ1) is 8.54. The zero-order valence-electron chi connectivity index (χ0n) is 11.0. The van der Waals surface area contributed by atoms with Crippen LogP contribution in [0.4, 0.5) is 11.9 Å². The van der Waals surface area contributed by atoms with Crippen LogP contribution in [0.1, 0.15) is 18.7 Å². The fourth-order valence-corrected chi connectivity index (χ4v) is 2.01. The number of nitrogens with two attached hydrogens (primary N) is 2. The fraction of sp³-hybridized carbons (Fsp3) is 0.727. The van der Waals surface area contributed by atoms with Crippen LogP contribution in [0, 0.1) is 0 Å². The van der Waals surface area contributed by atoms with Crippen molar-refractivity contribution in [2.75, 3.05) is 37.8 Å². The largest absolute Gasteiger partial charge is 0.368 e. The first kappa shape index (κ1) is 13.0. The molecule has 2 rings (SSSR count). The van der Waals surface area contributed by atoms with Gasteiger partial charge in [-0.05, 0) is 12.8 Å². The zero-order valence-corrected chi connectivity index (χ0v) is 11.0. The average molecular weight is 251 g/mol. The number of likely N-dealkylation sites (tertiary alicyclic amines) is 1. The number of hydrogen-bond acceptors (Lipinski definition) is 7. The maximum Gasteiger partial charge on any atom is 0.229 e. The Morgan fingerprint density at radius 3 is 2.50 bits per heavy atom. The van der Waals surface area contributed by atoms with E-state index in [-0.39, 0.29) is 5.95 Å². The topological polar surface area (TPSA) is 97.2 Å². The molecule has 2 heterocycles. The van der Waals surface area contributed by atoms with Crippen molar-refractivity contribution in [2.24, 2.45) is 5.73 Å². The van der Waals surface area contributed by atoms with Crippen molar-refractivity contribution in [1.82, 2.24) is 19.9 Å². The molecule has 0 radical (unpaired) electrons. The van der Waals surface area contributed by atoms with E-state index in [4.69, 9.17) is 11.5 Å². The van der Waals surface area contributed by atoms with Crippen molar-refractivity contribution in [3.8, 4) is 0 Å². The highest BCUT2D eigenvalue weighted by atomic mass is 15.3. The van der Waals surface area contributed by atoms with E-state index in [1.165, 1.54) is 0 Å². The van der Waals surface area contributed by atoms with Crippen LogP contribution in [0.5, 0.6) is 0 Å². The van der Waals surface area contributed by atoms with Gasteiger partial charge in [0, 0.05) is 33.2 Å². The molecule has 18 heavy (non-hydrogen) atoms. The van der Waals surface area contributed by atoms with Crippen LogP contribution in [0.25, 0.3) is 0 Å². The second kappa shape index (κ2) is 5.45. The summed E-state index contributed by atoms with van der Waals surface area (Å²) >= 11 is 0. The van der Waals surface area contributed by atoms with Gasteiger partial charge in [0.2, 0.25) is 11.9 Å². The minimum atomic E-state index is 0.275. The molecule has 0 bridgehead atoms. The van der Waals surface area contributed by atoms with Crippen LogP contribution in [-0.2, 0) is 6.54 Å². The summed E-state index contributed by atoms with van der Waals surface area (Å²) in [6, 6.07) is 0.335. The van der Waals surface area contributed by atoms with E-state index >= 15 is 0 Å². The number of hydrogen-bond donors (Lipinski definition) is 2. The van der Waals surface area contributed by atoms with E-state index in [1.54, 1.807) is 0 Å². The lowest BCUT2D eigenvalue weighted by Gasteiger charge is -2.29. The summed E-state index contributed by atoms with van der Waals surface area (Å²) in [6.45, 7) is 2.69. The summed E-state index contributed by atoms with van der Waals surface area (Å²) in [5.41, 5.74) is 11.6. The molecule has 0 aliphatic carbocycles. The number of rotatable bonds is 3. The molecule has 0 atom stereocenters. The van der Waals surface area contributed by atoms with E-state index in [1.807, 2.05) is 19.0 Å². The smallest absolute Gasteiger partial charge is 0.229 e. The first-order valence-electron chi connectivity index (χ1n) is 6.20. The van der Waals surface area contributed by atoms with Crippen molar-refractivity contribution >= 4 is 11.9 Å². The number of piperidine rings is 1. The van der Waals surface area contributed by atoms with Crippen LogP contribution in [0.3, 0.4) is 0 Å². The van der Waals surface area contributed by atoms with Gasteiger partial charge >= 0.3 is 0 Å². The van der Waals surface area contributed by atoms with Crippen molar-refractivity contribution in [2.45, 2.75) is 25.4 Å². The third-order valence-corrected chi connectivity index (χ3v) is 3.08. The second-order valence-corrected chi connectivity index (χ2v) is 4.92. The molecule has 1 aliphatic rings. The Morgan fingerprint density at radius 1 is 1.22 bits per heavy atom. The molecular formula is C11H21N7. The number of anilines is 2. The number of nitrogen functional groups attached to an aromatic ring is 1. The van der Waals surface area contributed by atoms with Gasteiger partial charge < -0.3 is 16.4 Å². The van der Waals surface area contributed by atoms with Gasteiger partial charge in [-0.2, -0.15) is 15.0 Å². The van der Waals surface area contributed by atoms with E-state index in [0.29, 0.717) is 18.5 Å². The second-order valence-electron chi connectivity index (χ2n) is 4.92. The lowest BCUT2D eigenvalue weighted by atomic mass is 10.1. The quantitative estimate of drug-likeness (QED) is 0.743. The van der Waals surface area contributed by atoms with E-state index in [2.05, 4.69) is 19.9 Å². The molecule has 7 nitrogen and oxygen atoms in total. The van der Waals surface area contributed by atoms with E-state index < -0.39 is 0 Å². The maximum atomic E-state index is 5.88. The highest BCUT2D eigenvalue weighted by molar-refractivity contribution is 5.32. The minimum Gasteiger partial charge on any atom is -0.368 e. The maximum absolute atomic E-state index is 5.88. The SMILES string of the molecule is CN(C)c1nc(N)nc(CN2CCC(N)CC2)n1. The molecule has 1 fully saturated rings. The van der Waals surface area contributed by atoms with Gasteiger partial charge in [-0.3, -0.25) is 4.90 Å². The van der Waals surface area contributed by atoms with Gasteiger partial charge in [0.15, 0.2) is 0 Å². The summed E-state index contributed by atoms with van der Waals surface area (Å²) in [7, 11) is 3.77. The summed E-state index contributed by atoms with van der Waals surface area (Å²) < 4.78 is 0. The van der Waals surface area contributed by atoms with Crippen molar-refractivity contribution in [3.63, 3.8) is 0 Å². The molecule has 0 saturated carbocycles. The average Bonchev–Trinajstić information content (AvgIpc) is 2.31. The molecule has 1 aromatic rings. The Hall–Kier alpha value is -1.47. The Morgan fingerprint density at radius 2 is 1.89 bits per heavy atom. The van der Waals surface area contributed by atoms with Gasteiger partial charge in [-0.15, -0.1) is 0 Å². The van der Waals surface area contributed by atoms with Gasteiger partial charge in [-0.25, -0.2) is 0 Å². The Balaban J connectivity index is 2.04. The fourth-order valence-electron chi connectivity index (χ4n) is 2.01. The summed E-state index contributed by atoms with van der Waals surface area (Å²) in [5, 5.41) is 0. The summed E-state index contributed by atoms with van der Waals surface area (Å²) in [6.07, 6.45) is 2.06. The highest BCUT2D eigenvalue weighted by Crippen LogP contribution is 2.12. The lowest BCUT2D eigenvalue weighted by Crippen LogP contribution is -2.39. The Bertz CT molecular complexity index is 398. The van der Waals surface area contributed by atoms with Crippen LogP contribution in [0.2, 0.25) is 0 Å². The predicted molar refractivity (Wildman–Crippen MR) is 71.1 cm³/mol. The zero-order chi connectivity index (χ0) is 13.1. The minimum absolute atomic E-state index is 0.275. The summed E-state index contributed by atoms with van der Waals surface area (Å²) in [4.78, 5) is 16.8. The molecule has 100 valence electrons. The molecule has 0 unspecified atom stereocenters. The van der Waals surface area contributed by atoms with Crippen LogP contribution < -0.4 is 16.4 Å². The predicted octanol–water partition coefficient (Wildman–Crippen LogP) is -0.557. The molecular weight excluding hydrogens is 230 g/mol. The van der Waals surface area contributed by atoms with Crippen molar-refractivity contribution < 1.29 is 0 Å². The third kappa shape index (κ3) is 3.27. The Kier molecular flexibility index (Phi) is 3.93. The molecule has 4 N–H and O–H groups in total. The van der Waals surface area contributed by atoms with Gasteiger partial charge in [0.25, 0.3) is 0 Å². The van der Waals surface area contributed by atoms with Crippen LogP contribution >= 0.6 is 0 Å². The molecule has 0 spiro atoms. The van der Waals surface area contributed by atoms with Crippen molar-refractivity contribution in [3.05, 3.63) is 5.82 Å². The highest BCUT2D eigenvalue weighted by Gasteiger charge is 2.17. The Labute approximate surface area is 107 Å². The molecule has 0 aromatic carbocycles. The van der Waals surface area contributed by atoms with Crippen molar-refractivity contribution in [1.29, 1.82) is 0 Å². The lowest BCUT2D eigenvalue weighted by molar-refractivity contribution is 0.201. The normalized spacial score (nSPS) is 17.9. The van der Waals surface area contributed by atoms with Gasteiger partial charge in [0.05, 0.1) is 6.54 Å².